The van der Waals surface area contributed by atoms with Crippen LogP contribution in [-0.2, 0) is 0 Å². The summed E-state index contributed by atoms with van der Waals surface area (Å²) >= 11 is 7.86. The van der Waals surface area contributed by atoms with Gasteiger partial charge in [0.25, 0.3) is 5.56 Å². The number of nitrogens with zero attached hydrogens (tertiary/aromatic N) is 2. The lowest BCUT2D eigenvalue weighted by atomic mass is 10.2. The maximum Gasteiger partial charge on any atom is 0.266 e. The molecular formula is C17H15ClN2OS. The van der Waals surface area contributed by atoms with Crippen molar-refractivity contribution < 1.29 is 0 Å². The molecule has 0 saturated heterocycles. The minimum absolute atomic E-state index is 0.0858. The van der Waals surface area contributed by atoms with Crippen molar-refractivity contribution in [3.63, 3.8) is 0 Å². The van der Waals surface area contributed by atoms with Crippen molar-refractivity contribution in [1.29, 1.82) is 0 Å². The summed E-state index contributed by atoms with van der Waals surface area (Å²) < 4.78 is 1.62. The van der Waals surface area contributed by atoms with Gasteiger partial charge in [-0.3, -0.25) is 9.36 Å². The summed E-state index contributed by atoms with van der Waals surface area (Å²) in [7, 11) is 0. The van der Waals surface area contributed by atoms with Crippen LogP contribution in [0.15, 0.2) is 58.5 Å². The van der Waals surface area contributed by atoms with Crippen LogP contribution in [-0.4, -0.2) is 15.3 Å². The summed E-state index contributed by atoms with van der Waals surface area (Å²) in [5.74, 6) is 0.898. The third-order valence-electron chi connectivity index (χ3n) is 3.27. The third-order valence-corrected chi connectivity index (χ3v) is 4.74. The van der Waals surface area contributed by atoms with Crippen molar-refractivity contribution in [2.45, 2.75) is 18.5 Å². The smallest absolute Gasteiger partial charge is 0.266 e. The van der Waals surface area contributed by atoms with Crippen LogP contribution in [0.2, 0.25) is 5.02 Å². The number of aromatic nitrogens is 2. The van der Waals surface area contributed by atoms with E-state index in [-0.39, 0.29) is 5.56 Å². The molecule has 1 aromatic heterocycles. The number of halogens is 1. The number of hydrogen-bond acceptors (Lipinski definition) is 3. The summed E-state index contributed by atoms with van der Waals surface area (Å²) in [5, 5.41) is 1.82. The summed E-state index contributed by atoms with van der Waals surface area (Å²) in [6, 6.07) is 14.8. The van der Waals surface area contributed by atoms with E-state index in [1.165, 1.54) is 0 Å². The van der Waals surface area contributed by atoms with Gasteiger partial charge >= 0.3 is 0 Å². The van der Waals surface area contributed by atoms with Crippen LogP contribution < -0.4 is 5.56 Å². The van der Waals surface area contributed by atoms with Gasteiger partial charge in [0.2, 0.25) is 0 Å². The normalized spacial score (nSPS) is 11.0. The summed E-state index contributed by atoms with van der Waals surface area (Å²) in [4.78, 5) is 17.6. The Balaban J connectivity index is 2.33. The fourth-order valence-corrected chi connectivity index (χ4v) is 3.33. The largest absolute Gasteiger partial charge is 0.268 e. The first kappa shape index (κ1) is 15.1. The summed E-state index contributed by atoms with van der Waals surface area (Å²) in [5.41, 5.74) is 1.30. The van der Waals surface area contributed by atoms with Gasteiger partial charge in [0.15, 0.2) is 5.16 Å². The molecule has 0 aliphatic rings. The predicted octanol–water partition coefficient (Wildman–Crippen LogP) is 4.54. The van der Waals surface area contributed by atoms with Crippen LogP contribution in [0, 0.1) is 0 Å². The molecule has 0 N–H and O–H groups in total. The average Bonchev–Trinajstić information content (AvgIpc) is 2.54. The molecule has 0 unspecified atom stereocenters. The van der Waals surface area contributed by atoms with Crippen molar-refractivity contribution in [2.24, 2.45) is 0 Å². The Morgan fingerprint density at radius 2 is 1.86 bits per heavy atom. The van der Waals surface area contributed by atoms with Crippen molar-refractivity contribution in [3.05, 3.63) is 63.9 Å². The van der Waals surface area contributed by atoms with Gasteiger partial charge in [-0.15, -0.1) is 0 Å². The van der Waals surface area contributed by atoms with E-state index in [0.717, 1.165) is 17.7 Å². The van der Waals surface area contributed by atoms with E-state index >= 15 is 0 Å². The molecule has 3 rings (SSSR count). The van der Waals surface area contributed by atoms with Crippen molar-refractivity contribution in [3.8, 4) is 5.69 Å². The summed E-state index contributed by atoms with van der Waals surface area (Å²) in [6.45, 7) is 2.10. The van der Waals surface area contributed by atoms with E-state index < -0.39 is 0 Å². The molecule has 0 spiro atoms. The van der Waals surface area contributed by atoms with Gasteiger partial charge in [-0.25, -0.2) is 4.98 Å². The van der Waals surface area contributed by atoms with Gasteiger partial charge in [-0.2, -0.15) is 0 Å². The van der Waals surface area contributed by atoms with E-state index in [1.807, 2.05) is 36.4 Å². The standard InChI is InChI=1S/C17H15ClN2OS/c1-2-11-22-17-19-14-9-5-3-7-12(14)16(21)20(17)15-10-6-4-8-13(15)18/h3-10H,2,11H2,1H3. The van der Waals surface area contributed by atoms with Gasteiger partial charge in [0.1, 0.15) is 0 Å². The molecule has 0 radical (unpaired) electrons. The lowest BCUT2D eigenvalue weighted by molar-refractivity contribution is 0.819. The molecule has 3 aromatic rings. The molecular weight excluding hydrogens is 316 g/mol. The fourth-order valence-electron chi connectivity index (χ4n) is 2.25. The van der Waals surface area contributed by atoms with E-state index in [2.05, 4.69) is 11.9 Å². The van der Waals surface area contributed by atoms with Crippen LogP contribution >= 0.6 is 23.4 Å². The average molecular weight is 331 g/mol. The number of thioether (sulfide) groups is 1. The van der Waals surface area contributed by atoms with E-state index in [4.69, 9.17) is 11.6 Å². The number of fused-ring (bicyclic) bond motifs is 1. The highest BCUT2D eigenvalue weighted by atomic mass is 35.5. The van der Waals surface area contributed by atoms with E-state index in [0.29, 0.717) is 21.3 Å². The Bertz CT molecular complexity index is 876. The lowest BCUT2D eigenvalue weighted by Crippen LogP contribution is -2.22. The van der Waals surface area contributed by atoms with Crippen LogP contribution in [0.5, 0.6) is 0 Å². The van der Waals surface area contributed by atoms with Crippen molar-refractivity contribution in [1.82, 2.24) is 9.55 Å². The van der Waals surface area contributed by atoms with Crippen LogP contribution in [0.1, 0.15) is 13.3 Å². The van der Waals surface area contributed by atoms with E-state index in [9.17, 15) is 4.79 Å². The number of rotatable bonds is 4. The molecule has 0 bridgehead atoms. The molecule has 0 atom stereocenters. The van der Waals surface area contributed by atoms with Crippen molar-refractivity contribution in [2.75, 3.05) is 5.75 Å². The zero-order valence-electron chi connectivity index (χ0n) is 12.1. The molecule has 3 nitrogen and oxygen atoms in total. The second kappa shape index (κ2) is 6.55. The molecule has 2 aromatic carbocycles. The fraction of sp³-hybridized carbons (Fsp3) is 0.176. The van der Waals surface area contributed by atoms with Gasteiger partial charge in [-0.05, 0) is 30.7 Å². The van der Waals surface area contributed by atoms with Gasteiger partial charge in [-0.1, -0.05) is 54.6 Å². The third kappa shape index (κ3) is 2.76. The quantitative estimate of drug-likeness (QED) is 0.520. The Kier molecular flexibility index (Phi) is 4.50. The molecule has 112 valence electrons. The topological polar surface area (TPSA) is 34.9 Å². The minimum Gasteiger partial charge on any atom is -0.268 e. The first-order chi connectivity index (χ1) is 10.7. The Hall–Kier alpha value is -1.78. The predicted molar refractivity (Wildman–Crippen MR) is 93.4 cm³/mol. The van der Waals surface area contributed by atoms with E-state index in [1.54, 1.807) is 28.5 Å². The molecule has 0 aliphatic carbocycles. The first-order valence-electron chi connectivity index (χ1n) is 7.12. The highest BCUT2D eigenvalue weighted by molar-refractivity contribution is 7.99. The highest BCUT2D eigenvalue weighted by Gasteiger charge is 2.14. The first-order valence-corrected chi connectivity index (χ1v) is 8.48. The Morgan fingerprint density at radius 1 is 1.14 bits per heavy atom. The Morgan fingerprint density at radius 3 is 2.64 bits per heavy atom. The number of benzene rings is 2. The molecule has 0 aliphatic heterocycles. The second-order valence-corrected chi connectivity index (χ2v) is 6.32. The highest BCUT2D eigenvalue weighted by Crippen LogP contribution is 2.25. The SMILES string of the molecule is CCCSc1nc2ccccc2c(=O)n1-c1ccccc1Cl. The molecule has 22 heavy (non-hydrogen) atoms. The zero-order valence-corrected chi connectivity index (χ0v) is 13.7. The summed E-state index contributed by atoms with van der Waals surface area (Å²) in [6.07, 6.45) is 1.01. The second-order valence-electron chi connectivity index (χ2n) is 4.85. The van der Waals surface area contributed by atoms with Crippen LogP contribution in [0.25, 0.3) is 16.6 Å². The molecule has 0 fully saturated rings. The maximum absolute atomic E-state index is 12.9. The molecule has 5 heteroatoms. The lowest BCUT2D eigenvalue weighted by Gasteiger charge is -2.14. The minimum atomic E-state index is -0.0858. The molecule has 0 amide bonds. The van der Waals surface area contributed by atoms with Gasteiger partial charge in [0.05, 0.1) is 21.6 Å². The van der Waals surface area contributed by atoms with Crippen LogP contribution in [0.3, 0.4) is 0 Å². The zero-order chi connectivity index (χ0) is 15.5. The molecule has 0 saturated carbocycles. The number of para-hydroxylation sites is 2. The number of hydrogen-bond donors (Lipinski definition) is 0. The Labute approximate surface area is 138 Å². The van der Waals surface area contributed by atoms with Gasteiger partial charge < -0.3 is 0 Å². The molecule has 1 heterocycles. The van der Waals surface area contributed by atoms with Gasteiger partial charge in [0, 0.05) is 5.75 Å². The van der Waals surface area contributed by atoms with Crippen LogP contribution in [0.4, 0.5) is 0 Å². The maximum atomic E-state index is 12.9. The van der Waals surface area contributed by atoms with Crippen molar-refractivity contribution >= 4 is 34.3 Å². The monoisotopic (exact) mass is 330 g/mol.